The molecule has 3 rings (SSSR count). The molecule has 0 aliphatic heterocycles. The summed E-state index contributed by atoms with van der Waals surface area (Å²) in [6, 6.07) is 16.5. The van der Waals surface area contributed by atoms with E-state index in [-0.39, 0.29) is 5.75 Å². The highest BCUT2D eigenvalue weighted by atomic mass is 32.2. The summed E-state index contributed by atoms with van der Waals surface area (Å²) in [5, 5.41) is 13.4. The Morgan fingerprint density at radius 2 is 1.96 bits per heavy atom. The minimum Gasteiger partial charge on any atom is -0.508 e. The predicted octanol–water partition coefficient (Wildman–Crippen LogP) is 4.09. The number of hydrogen-bond donors (Lipinski definition) is 2. The van der Waals surface area contributed by atoms with Gasteiger partial charge in [0, 0.05) is 22.8 Å². The van der Waals surface area contributed by atoms with Crippen LogP contribution in [0.15, 0.2) is 70.7 Å². The molecule has 2 N–H and O–H groups in total. The van der Waals surface area contributed by atoms with Gasteiger partial charge in [-0.05, 0) is 36.4 Å². The van der Waals surface area contributed by atoms with Crippen LogP contribution in [0, 0.1) is 0 Å². The third-order valence-corrected chi connectivity index (χ3v) is 3.92. The number of nitrogens with zero attached hydrogens (tertiary/aromatic N) is 2. The first-order chi connectivity index (χ1) is 11.2. The van der Waals surface area contributed by atoms with E-state index in [2.05, 4.69) is 15.3 Å². The standard InChI is InChI=1S/C17H15N3O2S/c1-22-14-6-3-7-15(11-14)23-16-8-9-18-17(20-16)19-12-4-2-5-13(21)10-12/h2-11,21H,1H3,(H,18,19,20). The smallest absolute Gasteiger partial charge is 0.228 e. The molecule has 2 aromatic carbocycles. The molecule has 0 saturated carbocycles. The van der Waals surface area contributed by atoms with Crippen molar-refractivity contribution in [1.29, 1.82) is 0 Å². The Kier molecular flexibility index (Phi) is 4.63. The lowest BCUT2D eigenvalue weighted by Gasteiger charge is -2.07. The zero-order valence-electron chi connectivity index (χ0n) is 12.4. The summed E-state index contributed by atoms with van der Waals surface area (Å²) in [5.74, 6) is 1.47. The fourth-order valence-corrected chi connectivity index (χ4v) is 2.78. The first-order valence-corrected chi connectivity index (χ1v) is 7.75. The van der Waals surface area contributed by atoms with Gasteiger partial charge in [-0.3, -0.25) is 0 Å². The van der Waals surface area contributed by atoms with Crippen LogP contribution in [0.2, 0.25) is 0 Å². The molecule has 23 heavy (non-hydrogen) atoms. The van der Waals surface area contributed by atoms with Gasteiger partial charge in [0.1, 0.15) is 16.5 Å². The number of ether oxygens (including phenoxy) is 1. The zero-order valence-corrected chi connectivity index (χ0v) is 13.2. The first kappa shape index (κ1) is 15.2. The van der Waals surface area contributed by atoms with Crippen LogP contribution in [0.4, 0.5) is 11.6 Å². The maximum Gasteiger partial charge on any atom is 0.228 e. The van der Waals surface area contributed by atoms with Crippen molar-refractivity contribution in [2.24, 2.45) is 0 Å². The molecule has 0 aliphatic carbocycles. The van der Waals surface area contributed by atoms with Crippen molar-refractivity contribution in [3.05, 3.63) is 60.8 Å². The van der Waals surface area contributed by atoms with E-state index in [1.54, 1.807) is 31.5 Å². The highest BCUT2D eigenvalue weighted by Gasteiger charge is 2.04. The second kappa shape index (κ2) is 7.02. The van der Waals surface area contributed by atoms with E-state index < -0.39 is 0 Å². The molecular formula is C17H15N3O2S. The van der Waals surface area contributed by atoms with Gasteiger partial charge in [-0.1, -0.05) is 23.9 Å². The average Bonchev–Trinajstić information content (AvgIpc) is 2.55. The lowest BCUT2D eigenvalue weighted by Crippen LogP contribution is -1.97. The summed E-state index contributed by atoms with van der Waals surface area (Å²) >= 11 is 1.52. The van der Waals surface area contributed by atoms with Gasteiger partial charge in [0.15, 0.2) is 0 Å². The van der Waals surface area contributed by atoms with Crippen LogP contribution >= 0.6 is 11.8 Å². The van der Waals surface area contributed by atoms with Crippen molar-refractivity contribution in [3.8, 4) is 11.5 Å². The Morgan fingerprint density at radius 1 is 1.09 bits per heavy atom. The molecule has 6 heteroatoms. The molecule has 0 fully saturated rings. The van der Waals surface area contributed by atoms with Gasteiger partial charge >= 0.3 is 0 Å². The van der Waals surface area contributed by atoms with Crippen LogP contribution in [0.25, 0.3) is 0 Å². The molecule has 3 aromatic rings. The summed E-state index contributed by atoms with van der Waals surface area (Å²) in [4.78, 5) is 9.70. The molecule has 0 bridgehead atoms. The molecule has 5 nitrogen and oxygen atoms in total. The van der Waals surface area contributed by atoms with Crippen molar-refractivity contribution in [2.45, 2.75) is 9.92 Å². The highest BCUT2D eigenvalue weighted by molar-refractivity contribution is 7.99. The van der Waals surface area contributed by atoms with Gasteiger partial charge in [-0.25, -0.2) is 9.97 Å². The number of methoxy groups -OCH3 is 1. The predicted molar refractivity (Wildman–Crippen MR) is 90.5 cm³/mol. The second-order valence-electron chi connectivity index (χ2n) is 4.67. The van der Waals surface area contributed by atoms with E-state index in [4.69, 9.17) is 4.74 Å². The van der Waals surface area contributed by atoms with E-state index in [1.807, 2.05) is 36.4 Å². The number of nitrogens with one attached hydrogen (secondary N) is 1. The number of aromatic hydroxyl groups is 1. The fraction of sp³-hybridized carbons (Fsp3) is 0.0588. The summed E-state index contributed by atoms with van der Waals surface area (Å²) in [6.45, 7) is 0. The van der Waals surface area contributed by atoms with Gasteiger partial charge in [0.05, 0.1) is 7.11 Å². The second-order valence-corrected chi connectivity index (χ2v) is 5.77. The minimum atomic E-state index is 0.192. The Hall–Kier alpha value is -2.73. The molecule has 116 valence electrons. The van der Waals surface area contributed by atoms with Crippen LogP contribution in [-0.4, -0.2) is 22.2 Å². The summed E-state index contributed by atoms with van der Waals surface area (Å²) < 4.78 is 5.22. The number of phenols is 1. The molecule has 1 heterocycles. The Morgan fingerprint density at radius 3 is 2.78 bits per heavy atom. The van der Waals surface area contributed by atoms with Crippen molar-refractivity contribution in [2.75, 3.05) is 12.4 Å². The lowest BCUT2D eigenvalue weighted by atomic mass is 10.3. The number of rotatable bonds is 5. The largest absolute Gasteiger partial charge is 0.508 e. The highest BCUT2D eigenvalue weighted by Crippen LogP contribution is 2.29. The third-order valence-electron chi connectivity index (χ3n) is 3.00. The monoisotopic (exact) mass is 325 g/mol. The van der Waals surface area contributed by atoms with Crippen LogP contribution < -0.4 is 10.1 Å². The van der Waals surface area contributed by atoms with Crippen molar-refractivity contribution >= 4 is 23.4 Å². The topological polar surface area (TPSA) is 67.3 Å². The summed E-state index contributed by atoms with van der Waals surface area (Å²) in [6.07, 6.45) is 1.70. The van der Waals surface area contributed by atoms with Crippen molar-refractivity contribution in [3.63, 3.8) is 0 Å². The van der Waals surface area contributed by atoms with Gasteiger partial charge in [0.2, 0.25) is 5.95 Å². The molecule has 0 saturated heterocycles. The summed E-state index contributed by atoms with van der Waals surface area (Å²) in [7, 11) is 1.64. The number of hydrogen-bond acceptors (Lipinski definition) is 6. The van der Waals surface area contributed by atoms with Crippen LogP contribution in [0.3, 0.4) is 0 Å². The minimum absolute atomic E-state index is 0.192. The van der Waals surface area contributed by atoms with Crippen molar-refractivity contribution < 1.29 is 9.84 Å². The molecule has 0 aliphatic rings. The molecule has 0 atom stereocenters. The zero-order chi connectivity index (χ0) is 16.1. The van der Waals surface area contributed by atoms with Gasteiger partial charge in [0.25, 0.3) is 0 Å². The maximum absolute atomic E-state index is 9.49. The molecule has 0 amide bonds. The van der Waals surface area contributed by atoms with E-state index in [1.165, 1.54) is 11.8 Å². The Bertz CT molecular complexity index is 811. The summed E-state index contributed by atoms with van der Waals surface area (Å²) in [5.41, 5.74) is 0.730. The maximum atomic E-state index is 9.49. The Labute approximate surface area is 138 Å². The molecular weight excluding hydrogens is 310 g/mol. The number of aromatic nitrogens is 2. The van der Waals surface area contributed by atoms with Gasteiger partial charge in [-0.15, -0.1) is 0 Å². The third kappa shape index (κ3) is 4.14. The molecule has 0 unspecified atom stereocenters. The van der Waals surface area contributed by atoms with E-state index >= 15 is 0 Å². The number of benzene rings is 2. The van der Waals surface area contributed by atoms with Crippen LogP contribution in [-0.2, 0) is 0 Å². The lowest BCUT2D eigenvalue weighted by molar-refractivity contribution is 0.413. The van der Waals surface area contributed by atoms with E-state index in [9.17, 15) is 5.11 Å². The van der Waals surface area contributed by atoms with Gasteiger partial charge in [-0.2, -0.15) is 0 Å². The van der Waals surface area contributed by atoms with Gasteiger partial charge < -0.3 is 15.2 Å². The quantitative estimate of drug-likeness (QED) is 0.689. The molecule has 0 spiro atoms. The normalized spacial score (nSPS) is 10.3. The molecule has 1 aromatic heterocycles. The number of phenolic OH excluding ortho intramolecular Hbond substituents is 1. The van der Waals surface area contributed by atoms with E-state index in [0.717, 1.165) is 21.4 Å². The van der Waals surface area contributed by atoms with E-state index in [0.29, 0.717) is 5.95 Å². The number of anilines is 2. The SMILES string of the molecule is COc1cccc(Sc2ccnc(Nc3cccc(O)c3)n2)c1. The molecule has 0 radical (unpaired) electrons. The average molecular weight is 325 g/mol. The fourth-order valence-electron chi connectivity index (χ4n) is 1.96. The first-order valence-electron chi connectivity index (χ1n) is 6.94. The Balaban J connectivity index is 1.76. The van der Waals surface area contributed by atoms with Crippen LogP contribution in [0.1, 0.15) is 0 Å². The van der Waals surface area contributed by atoms with Crippen LogP contribution in [0.5, 0.6) is 11.5 Å². The van der Waals surface area contributed by atoms with Crippen molar-refractivity contribution in [1.82, 2.24) is 9.97 Å².